The van der Waals surface area contributed by atoms with Crippen LogP contribution < -0.4 is 11.9 Å². The summed E-state index contributed by atoms with van der Waals surface area (Å²) in [6.45, 7) is 3.02. The Balaban J connectivity index is -0.000000277. The number of carboxylic acids is 2. The summed E-state index contributed by atoms with van der Waals surface area (Å²) in [5.74, 6) is -1.85. The van der Waals surface area contributed by atoms with Gasteiger partial charge in [0.1, 0.15) is 6.04 Å². The van der Waals surface area contributed by atoms with Crippen LogP contribution >= 0.6 is 7.37 Å². The summed E-state index contributed by atoms with van der Waals surface area (Å²) in [6.07, 6.45) is 1.02. The molecule has 18 heavy (non-hydrogen) atoms. The third kappa shape index (κ3) is 20.5. The Morgan fingerprint density at radius 3 is 1.94 bits per heavy atom. The number of carboxylic acid groups (broad SMARTS) is 2. The normalized spacial score (nSPS) is 14.2. The molecule has 0 saturated carbocycles. The van der Waals surface area contributed by atoms with Crippen molar-refractivity contribution in [1.29, 1.82) is 0 Å². The molecule has 0 saturated heterocycles. The third-order valence-electron chi connectivity index (χ3n) is 1.64. The fraction of sp³-hybridized carbons (Fsp3) is 0.778. The van der Waals surface area contributed by atoms with E-state index < -0.39 is 25.3 Å². The lowest BCUT2D eigenvalue weighted by molar-refractivity contribution is -0.139. The Labute approximate surface area is 106 Å². The first-order valence-corrected chi connectivity index (χ1v) is 7.38. The molecule has 0 aromatic carbocycles. The molecule has 0 aliphatic heterocycles. The Morgan fingerprint density at radius 2 is 1.78 bits per heavy atom. The maximum absolute atomic E-state index is 10.6. The van der Waals surface area contributed by atoms with Gasteiger partial charge in [-0.3, -0.25) is 14.2 Å². The van der Waals surface area contributed by atoms with Gasteiger partial charge in [-0.25, -0.2) is 0 Å². The van der Waals surface area contributed by atoms with Gasteiger partial charge in [-0.15, -0.1) is 0 Å². The summed E-state index contributed by atoms with van der Waals surface area (Å²) >= 11 is 0. The first-order chi connectivity index (χ1) is 7.60. The van der Waals surface area contributed by atoms with Crippen molar-refractivity contribution in [3.63, 3.8) is 0 Å². The van der Waals surface area contributed by atoms with E-state index in [1.54, 1.807) is 0 Å². The fourth-order valence-electron chi connectivity index (χ4n) is 0.716. The molecule has 2 unspecified atom stereocenters. The molecule has 0 fully saturated rings. The highest BCUT2D eigenvalue weighted by molar-refractivity contribution is 7.57. The second-order valence-corrected chi connectivity index (χ2v) is 6.20. The molecule has 0 aromatic rings. The Bertz CT molecular complexity index is 291. The van der Waals surface area contributed by atoms with Crippen molar-refractivity contribution in [2.45, 2.75) is 32.2 Å². The van der Waals surface area contributed by atoms with Crippen LogP contribution in [0.15, 0.2) is 0 Å². The Morgan fingerprint density at radius 1 is 1.33 bits per heavy atom. The zero-order chi connectivity index (χ0) is 14.1. The van der Waals surface area contributed by atoms with Crippen molar-refractivity contribution in [2.24, 2.45) is 5.73 Å². The summed E-state index contributed by atoms with van der Waals surface area (Å²) in [7, 11) is -3.10. The van der Waals surface area contributed by atoms with Gasteiger partial charge in [-0.1, -0.05) is 6.92 Å². The average Bonchev–Trinajstić information content (AvgIpc) is 2.13. The smallest absolute Gasteiger partial charge is 0.320 e. The summed E-state index contributed by atoms with van der Waals surface area (Å²) in [5, 5.41) is 16.2. The van der Waals surface area contributed by atoms with Crippen LogP contribution in [0.5, 0.6) is 0 Å². The van der Waals surface area contributed by atoms with Crippen molar-refractivity contribution < 1.29 is 29.3 Å². The quantitative estimate of drug-likeness (QED) is 0.444. The lowest BCUT2D eigenvalue weighted by atomic mass is 10.2. The molecule has 0 spiro atoms. The number of hydrogen-bond acceptors (Lipinski definition) is 5. The topological polar surface area (TPSA) is 173 Å². The molecule has 2 atom stereocenters. The zero-order valence-electron chi connectivity index (χ0n) is 10.7. The van der Waals surface area contributed by atoms with E-state index in [0.717, 1.165) is 6.42 Å². The largest absolute Gasteiger partial charge is 0.481 e. The second kappa shape index (κ2) is 11.2. The van der Waals surface area contributed by atoms with Crippen LogP contribution in [-0.2, 0) is 14.2 Å². The van der Waals surface area contributed by atoms with Crippen LogP contribution in [0.25, 0.3) is 0 Å². The first-order valence-electron chi connectivity index (χ1n) is 5.09. The molecule has 0 bridgehead atoms. The van der Waals surface area contributed by atoms with Crippen LogP contribution in [0.4, 0.5) is 0 Å². The number of rotatable bonds is 6. The van der Waals surface area contributed by atoms with Crippen molar-refractivity contribution in [2.75, 3.05) is 12.8 Å². The van der Waals surface area contributed by atoms with Gasteiger partial charge in [0.25, 0.3) is 0 Å². The minimum absolute atomic E-state index is 0. The second-order valence-electron chi connectivity index (χ2n) is 3.65. The number of aliphatic carboxylic acids is 2. The Hall–Kier alpha value is -0.950. The van der Waals surface area contributed by atoms with Crippen molar-refractivity contribution >= 4 is 19.3 Å². The molecule has 0 rings (SSSR count). The minimum atomic E-state index is -3.10. The van der Waals surface area contributed by atoms with Crippen LogP contribution in [0.3, 0.4) is 0 Å². The predicted molar refractivity (Wildman–Crippen MR) is 68.4 cm³/mol. The lowest BCUT2D eigenvalue weighted by Crippen LogP contribution is -2.30. The highest BCUT2D eigenvalue weighted by atomic mass is 31.2. The van der Waals surface area contributed by atoms with Crippen LogP contribution in [0, 0.1) is 0 Å². The van der Waals surface area contributed by atoms with Crippen LogP contribution in [-0.4, -0.2) is 45.9 Å². The lowest BCUT2D eigenvalue weighted by Gasteiger charge is -2.07. The van der Waals surface area contributed by atoms with E-state index in [9.17, 15) is 14.2 Å². The number of hydrogen-bond donors (Lipinski definition) is 5. The van der Waals surface area contributed by atoms with E-state index >= 15 is 0 Å². The van der Waals surface area contributed by atoms with Gasteiger partial charge >= 0.3 is 11.9 Å². The van der Waals surface area contributed by atoms with Crippen molar-refractivity contribution in [1.82, 2.24) is 6.15 Å². The molecule has 0 amide bonds. The van der Waals surface area contributed by atoms with Gasteiger partial charge in [0.2, 0.25) is 0 Å². The molecule has 0 heterocycles. The minimum Gasteiger partial charge on any atom is -0.481 e. The van der Waals surface area contributed by atoms with Gasteiger partial charge < -0.3 is 27.0 Å². The van der Waals surface area contributed by atoms with E-state index in [1.807, 2.05) is 6.92 Å². The molecule has 0 aliphatic carbocycles. The highest BCUT2D eigenvalue weighted by Gasteiger charge is 2.16. The third-order valence-corrected chi connectivity index (χ3v) is 2.72. The van der Waals surface area contributed by atoms with Gasteiger partial charge in [-0.2, -0.15) is 0 Å². The van der Waals surface area contributed by atoms with Gasteiger partial charge in [-0.05, 0) is 12.8 Å². The van der Waals surface area contributed by atoms with E-state index in [2.05, 4.69) is 0 Å². The summed E-state index contributed by atoms with van der Waals surface area (Å²) in [6, 6.07) is -1.03. The van der Waals surface area contributed by atoms with E-state index in [4.69, 9.17) is 20.8 Å². The standard InChI is InChI=1S/C5H12NO4P.C4H8O2.H3N/c1-11(9,10)3-2-4(6)5(7)8;1-2-3-4(5)6;/h4H,2-3,6H2,1H3,(H,7,8)(H,9,10);2-3H2,1H3,(H,5,6);1H3. The molecular formula is C9H23N2O6P. The zero-order valence-corrected chi connectivity index (χ0v) is 11.6. The van der Waals surface area contributed by atoms with Gasteiger partial charge in [0.05, 0.1) is 0 Å². The van der Waals surface area contributed by atoms with Gasteiger partial charge in [0.15, 0.2) is 7.37 Å². The molecule has 0 radical (unpaired) electrons. The molecular weight excluding hydrogens is 263 g/mol. The first kappa shape index (κ1) is 22.2. The predicted octanol–water partition coefficient (Wildman–Crippen LogP) is 0.722. The average molecular weight is 286 g/mol. The summed E-state index contributed by atoms with van der Waals surface area (Å²) < 4.78 is 10.6. The van der Waals surface area contributed by atoms with E-state index in [-0.39, 0.29) is 18.7 Å². The molecule has 9 heteroatoms. The Kier molecular flexibility index (Phi) is 13.8. The fourth-order valence-corrected chi connectivity index (χ4v) is 1.47. The molecule has 0 aromatic heterocycles. The monoisotopic (exact) mass is 286 g/mol. The van der Waals surface area contributed by atoms with E-state index in [1.165, 1.54) is 6.66 Å². The summed E-state index contributed by atoms with van der Waals surface area (Å²) in [4.78, 5) is 28.5. The van der Waals surface area contributed by atoms with Gasteiger partial charge in [0, 0.05) is 19.2 Å². The number of carbonyl (C=O) groups is 2. The maximum atomic E-state index is 10.6. The van der Waals surface area contributed by atoms with Crippen molar-refractivity contribution in [3.8, 4) is 0 Å². The number of nitrogens with two attached hydrogens (primary N) is 1. The SMILES string of the molecule is CCCC(=O)O.CP(=O)(O)CCC(N)C(=O)O.N. The molecule has 8 N–H and O–H groups in total. The molecule has 0 aliphatic rings. The van der Waals surface area contributed by atoms with E-state index in [0.29, 0.717) is 6.42 Å². The summed E-state index contributed by atoms with van der Waals surface area (Å²) in [5.41, 5.74) is 5.09. The van der Waals surface area contributed by atoms with Crippen molar-refractivity contribution in [3.05, 3.63) is 0 Å². The molecule has 8 nitrogen and oxygen atoms in total. The molecule has 110 valence electrons. The highest BCUT2D eigenvalue weighted by Crippen LogP contribution is 2.35. The van der Waals surface area contributed by atoms with Crippen LogP contribution in [0.1, 0.15) is 26.2 Å². The van der Waals surface area contributed by atoms with Crippen LogP contribution in [0.2, 0.25) is 0 Å². The maximum Gasteiger partial charge on any atom is 0.320 e.